The molecule has 114 valence electrons. The summed E-state index contributed by atoms with van der Waals surface area (Å²) in [5.74, 6) is -0.993. The summed E-state index contributed by atoms with van der Waals surface area (Å²) in [5.41, 5.74) is 0.432. The van der Waals surface area contributed by atoms with Crippen molar-refractivity contribution in [2.45, 2.75) is 24.4 Å². The van der Waals surface area contributed by atoms with E-state index in [1.807, 2.05) is 0 Å². The molecule has 0 saturated carbocycles. The second kappa shape index (κ2) is 6.20. The lowest BCUT2D eigenvalue weighted by Gasteiger charge is -2.24. The number of aliphatic hydroxyl groups is 5. The van der Waals surface area contributed by atoms with E-state index in [1.165, 1.54) is 12.5 Å². The van der Waals surface area contributed by atoms with E-state index in [-0.39, 0.29) is 5.65 Å². The molecule has 2 heterocycles. The first-order chi connectivity index (χ1) is 9.97. The summed E-state index contributed by atoms with van der Waals surface area (Å²) in [4.78, 5) is 23.5. The van der Waals surface area contributed by atoms with Crippen LogP contribution in [0.4, 0.5) is 0 Å². The summed E-state index contributed by atoms with van der Waals surface area (Å²) in [6.07, 6.45) is -3.97. The molecule has 2 aromatic rings. The first kappa shape index (κ1) is 15.4. The lowest BCUT2D eigenvalue weighted by Crippen LogP contribution is -2.49. The highest BCUT2D eigenvalue weighted by atomic mass is 16.4. The lowest BCUT2D eigenvalue weighted by atomic mass is 10.0. The smallest absolute Gasteiger partial charge is 0.265 e. The van der Waals surface area contributed by atoms with Gasteiger partial charge in [0.05, 0.1) is 12.8 Å². The molecular weight excluding hydrogens is 284 g/mol. The van der Waals surface area contributed by atoms with Crippen LogP contribution < -0.4 is 0 Å². The second-order valence-electron chi connectivity index (χ2n) is 4.36. The first-order valence-electron chi connectivity index (χ1n) is 5.97. The van der Waals surface area contributed by atoms with Gasteiger partial charge >= 0.3 is 0 Å². The van der Waals surface area contributed by atoms with Gasteiger partial charge in [-0.1, -0.05) is 0 Å². The molecule has 10 nitrogen and oxygen atoms in total. The van der Waals surface area contributed by atoms with Crippen molar-refractivity contribution in [3.8, 4) is 0 Å². The number of nitrogens with zero attached hydrogens (tertiary/aromatic N) is 4. The molecule has 2 rings (SSSR count). The van der Waals surface area contributed by atoms with E-state index < -0.39 is 36.9 Å². The summed E-state index contributed by atoms with van der Waals surface area (Å²) in [6.45, 7) is -0.833. The molecule has 2 aromatic heterocycles. The lowest BCUT2D eigenvalue weighted by molar-refractivity contribution is -0.107. The molecule has 10 heteroatoms. The molecule has 0 radical (unpaired) electrons. The Bertz CT molecular complexity index is 632. The molecule has 0 unspecified atom stereocenters. The Morgan fingerprint density at radius 3 is 2.57 bits per heavy atom. The molecule has 0 saturated heterocycles. The van der Waals surface area contributed by atoms with Gasteiger partial charge in [-0.2, -0.15) is 0 Å². The second-order valence-corrected chi connectivity index (χ2v) is 4.36. The number of aliphatic hydroxyl groups excluding tert-OH is 5. The Kier molecular flexibility index (Phi) is 4.55. The zero-order chi connectivity index (χ0) is 15.6. The summed E-state index contributed by atoms with van der Waals surface area (Å²) in [6, 6.07) is 0. The van der Waals surface area contributed by atoms with Crippen molar-refractivity contribution < 1.29 is 30.3 Å². The average Bonchev–Trinajstić information content (AvgIpc) is 2.95. The largest absolute Gasteiger partial charge is 0.394 e. The minimum absolute atomic E-state index is 0.124. The number of fused-ring (bicyclic) bond motifs is 1. The fraction of sp³-hybridized carbons (Fsp3) is 0.455. The Hall–Kier alpha value is -1.98. The minimum Gasteiger partial charge on any atom is -0.394 e. The van der Waals surface area contributed by atoms with Crippen molar-refractivity contribution in [1.29, 1.82) is 0 Å². The molecular formula is C11H14N4O6. The van der Waals surface area contributed by atoms with Crippen LogP contribution in [0.1, 0.15) is 4.79 Å². The number of carbonyl (C=O) groups excluding carboxylic acids is 1. The van der Waals surface area contributed by atoms with Crippen LogP contribution in [-0.4, -0.2) is 82.0 Å². The van der Waals surface area contributed by atoms with Crippen molar-refractivity contribution in [2.75, 3.05) is 6.61 Å². The summed E-state index contributed by atoms with van der Waals surface area (Å²) in [5, 5.41) is 46.8. The van der Waals surface area contributed by atoms with Crippen molar-refractivity contribution in [3.05, 3.63) is 18.9 Å². The van der Waals surface area contributed by atoms with Gasteiger partial charge in [0.15, 0.2) is 11.8 Å². The number of carbonyl (C=O) groups is 1. The van der Waals surface area contributed by atoms with Crippen molar-refractivity contribution in [1.82, 2.24) is 19.5 Å². The van der Waals surface area contributed by atoms with E-state index in [9.17, 15) is 25.2 Å². The average molecular weight is 298 g/mol. The molecule has 0 amide bonds. The fourth-order valence-electron chi connectivity index (χ4n) is 1.74. The Labute approximate surface area is 118 Å². The maximum absolute atomic E-state index is 12.1. The van der Waals surface area contributed by atoms with E-state index in [2.05, 4.69) is 15.0 Å². The van der Waals surface area contributed by atoms with E-state index in [1.54, 1.807) is 0 Å². The van der Waals surface area contributed by atoms with Crippen LogP contribution in [0.25, 0.3) is 11.2 Å². The zero-order valence-electron chi connectivity index (χ0n) is 10.7. The highest BCUT2D eigenvalue weighted by molar-refractivity contribution is 5.90. The first-order valence-corrected chi connectivity index (χ1v) is 5.97. The maximum atomic E-state index is 12.1. The summed E-state index contributed by atoms with van der Waals surface area (Å²) < 4.78 is 0.892. The molecule has 0 aromatic carbocycles. The van der Waals surface area contributed by atoms with Gasteiger partial charge in [-0.15, -0.1) is 0 Å². The van der Waals surface area contributed by atoms with E-state index in [0.29, 0.717) is 5.52 Å². The quantitative estimate of drug-likeness (QED) is 0.385. The number of hydrogen-bond acceptors (Lipinski definition) is 9. The molecule has 0 aliphatic carbocycles. The van der Waals surface area contributed by atoms with Gasteiger partial charge in [0.25, 0.3) is 5.91 Å². The number of imidazole rings is 1. The third-order valence-electron chi connectivity index (χ3n) is 2.96. The van der Waals surface area contributed by atoms with E-state index >= 15 is 0 Å². The molecule has 0 aliphatic heterocycles. The topological polar surface area (TPSA) is 162 Å². The Morgan fingerprint density at radius 1 is 1.19 bits per heavy atom. The van der Waals surface area contributed by atoms with E-state index in [4.69, 9.17) is 5.11 Å². The van der Waals surface area contributed by atoms with Crippen molar-refractivity contribution >= 4 is 17.1 Å². The van der Waals surface area contributed by atoms with Gasteiger partial charge < -0.3 is 25.5 Å². The molecule has 0 fully saturated rings. The summed E-state index contributed by atoms with van der Waals surface area (Å²) in [7, 11) is 0. The normalized spacial score (nSPS) is 17.4. The third-order valence-corrected chi connectivity index (χ3v) is 2.96. The number of hydrogen-bond donors (Lipinski definition) is 5. The maximum Gasteiger partial charge on any atom is 0.265 e. The standard InChI is InChI=1S/C11H14N4O6/c16-2-6(17)7(18)8(19)9(20)11(21)15-4-14-5-1-12-3-13-10(5)15/h1,3-4,6-9,16-20H,2H2/t6-,7-,8+,9-/m1/s1. The van der Waals surface area contributed by atoms with Crippen molar-refractivity contribution in [2.24, 2.45) is 0 Å². The molecule has 0 bridgehead atoms. The molecule has 5 N–H and O–H groups in total. The van der Waals surface area contributed by atoms with Gasteiger partial charge in [0.1, 0.15) is 36.5 Å². The number of aromatic nitrogens is 4. The molecule has 21 heavy (non-hydrogen) atoms. The van der Waals surface area contributed by atoms with Crippen LogP contribution >= 0.6 is 0 Å². The van der Waals surface area contributed by atoms with Gasteiger partial charge in [-0.3, -0.25) is 9.36 Å². The van der Waals surface area contributed by atoms with Crippen LogP contribution in [0.15, 0.2) is 18.9 Å². The van der Waals surface area contributed by atoms with Crippen LogP contribution in [0, 0.1) is 0 Å². The van der Waals surface area contributed by atoms with Gasteiger partial charge in [-0.05, 0) is 0 Å². The Morgan fingerprint density at radius 2 is 1.90 bits per heavy atom. The number of rotatable bonds is 5. The fourth-order valence-corrected chi connectivity index (χ4v) is 1.74. The van der Waals surface area contributed by atoms with Gasteiger partial charge in [-0.25, -0.2) is 15.0 Å². The van der Waals surface area contributed by atoms with E-state index in [0.717, 1.165) is 10.9 Å². The third kappa shape index (κ3) is 2.89. The van der Waals surface area contributed by atoms with Gasteiger partial charge in [0.2, 0.25) is 0 Å². The highest BCUT2D eigenvalue weighted by Crippen LogP contribution is 2.12. The van der Waals surface area contributed by atoms with Gasteiger partial charge in [0, 0.05) is 0 Å². The molecule has 4 atom stereocenters. The SMILES string of the molecule is O=C([C@H](O)[C@@H](O)[C@H](O)[C@H](O)CO)n1cnc2cncnc21. The monoisotopic (exact) mass is 298 g/mol. The van der Waals surface area contributed by atoms with Crippen LogP contribution in [0.2, 0.25) is 0 Å². The predicted octanol–water partition coefficient (Wildman–Crippen LogP) is -3.10. The van der Waals surface area contributed by atoms with Crippen LogP contribution in [-0.2, 0) is 0 Å². The van der Waals surface area contributed by atoms with Crippen molar-refractivity contribution in [3.63, 3.8) is 0 Å². The highest BCUT2D eigenvalue weighted by Gasteiger charge is 2.35. The minimum atomic E-state index is -2.03. The molecule has 0 aliphatic rings. The summed E-state index contributed by atoms with van der Waals surface area (Å²) >= 11 is 0. The predicted molar refractivity (Wildman–Crippen MR) is 67.1 cm³/mol. The Balaban J connectivity index is 2.23. The molecule has 0 spiro atoms. The van der Waals surface area contributed by atoms with Crippen LogP contribution in [0.3, 0.4) is 0 Å². The van der Waals surface area contributed by atoms with Crippen LogP contribution in [0.5, 0.6) is 0 Å². The zero-order valence-corrected chi connectivity index (χ0v) is 10.7.